The zero-order valence-corrected chi connectivity index (χ0v) is 17.9. The Balaban J connectivity index is 1.58. The van der Waals surface area contributed by atoms with Gasteiger partial charge in [-0.15, -0.1) is 10.2 Å². The quantitative estimate of drug-likeness (QED) is 0.492. The highest BCUT2D eigenvalue weighted by molar-refractivity contribution is 7.99. The molecule has 0 saturated heterocycles. The minimum atomic E-state index is -0.423. The number of nitrogens with zero attached hydrogens (tertiary/aromatic N) is 3. The van der Waals surface area contributed by atoms with E-state index in [4.69, 9.17) is 4.74 Å². The molecule has 0 aliphatic carbocycles. The fourth-order valence-electron chi connectivity index (χ4n) is 2.82. The van der Waals surface area contributed by atoms with E-state index in [2.05, 4.69) is 20.8 Å². The van der Waals surface area contributed by atoms with Crippen LogP contribution >= 0.6 is 11.8 Å². The smallest absolute Gasteiger partial charge is 0.234 e. The number of thioether (sulfide) groups is 1. The second-order valence-electron chi connectivity index (χ2n) is 6.45. The van der Waals surface area contributed by atoms with Gasteiger partial charge in [0.25, 0.3) is 0 Å². The number of ether oxygens (including phenoxy) is 1. The highest BCUT2D eigenvalue weighted by Gasteiger charge is 2.16. The van der Waals surface area contributed by atoms with Crippen molar-refractivity contribution in [2.75, 3.05) is 23.5 Å². The van der Waals surface area contributed by atoms with Crippen LogP contribution in [-0.4, -0.2) is 39.4 Å². The first-order chi connectivity index (χ1) is 15.0. The summed E-state index contributed by atoms with van der Waals surface area (Å²) in [5, 5.41) is 14.2. The van der Waals surface area contributed by atoms with Crippen molar-refractivity contribution < 1.29 is 18.7 Å². The Morgan fingerprint density at radius 2 is 1.77 bits per heavy atom. The molecule has 2 aromatic carbocycles. The largest absolute Gasteiger partial charge is 0.497 e. The number of hydrogen-bond donors (Lipinski definition) is 2. The molecular formula is C21H22FN5O3S. The van der Waals surface area contributed by atoms with E-state index < -0.39 is 5.82 Å². The zero-order chi connectivity index (χ0) is 22.2. The van der Waals surface area contributed by atoms with Crippen molar-refractivity contribution >= 4 is 35.0 Å². The second kappa shape index (κ2) is 10.6. The number of benzene rings is 2. The van der Waals surface area contributed by atoms with Gasteiger partial charge in [0.2, 0.25) is 11.8 Å². The van der Waals surface area contributed by atoms with Gasteiger partial charge in [0.05, 0.1) is 19.3 Å². The summed E-state index contributed by atoms with van der Waals surface area (Å²) < 4.78 is 20.2. The van der Waals surface area contributed by atoms with Crippen LogP contribution < -0.4 is 15.4 Å². The summed E-state index contributed by atoms with van der Waals surface area (Å²) in [6.45, 7) is 2.45. The highest BCUT2D eigenvalue weighted by atomic mass is 32.2. The van der Waals surface area contributed by atoms with Gasteiger partial charge in [-0.05, 0) is 37.3 Å². The summed E-state index contributed by atoms with van der Waals surface area (Å²) >= 11 is 1.20. The van der Waals surface area contributed by atoms with Gasteiger partial charge in [0.15, 0.2) is 5.16 Å². The van der Waals surface area contributed by atoms with Gasteiger partial charge >= 0.3 is 0 Å². The third-order valence-corrected chi connectivity index (χ3v) is 5.19. The highest BCUT2D eigenvalue weighted by Crippen LogP contribution is 2.20. The molecule has 162 valence electrons. The number of nitrogens with one attached hydrogen (secondary N) is 2. The maximum absolute atomic E-state index is 13.2. The number of anilines is 2. The van der Waals surface area contributed by atoms with Crippen LogP contribution in [0.15, 0.2) is 53.7 Å². The van der Waals surface area contributed by atoms with Gasteiger partial charge in [0.1, 0.15) is 17.4 Å². The summed E-state index contributed by atoms with van der Waals surface area (Å²) in [5.74, 6) is 0.257. The van der Waals surface area contributed by atoms with Crippen molar-refractivity contribution in [3.05, 3.63) is 60.2 Å². The van der Waals surface area contributed by atoms with E-state index in [-0.39, 0.29) is 24.0 Å². The molecule has 2 amide bonds. The Morgan fingerprint density at radius 1 is 1.06 bits per heavy atom. The SMILES string of the molecule is CCn1c(CC(=O)Nc2cccc(OC)c2)nnc1SCC(=O)Nc1cccc(F)c1. The third-order valence-electron chi connectivity index (χ3n) is 4.22. The molecule has 3 rings (SSSR count). The van der Waals surface area contributed by atoms with Crippen molar-refractivity contribution in [1.82, 2.24) is 14.8 Å². The summed E-state index contributed by atoms with van der Waals surface area (Å²) in [7, 11) is 1.56. The third kappa shape index (κ3) is 6.29. The molecule has 0 aliphatic rings. The van der Waals surface area contributed by atoms with Crippen LogP contribution in [-0.2, 0) is 22.6 Å². The van der Waals surface area contributed by atoms with Gasteiger partial charge in [-0.1, -0.05) is 23.9 Å². The Kier molecular flexibility index (Phi) is 7.60. The number of halogens is 1. The van der Waals surface area contributed by atoms with Crippen LogP contribution in [0.2, 0.25) is 0 Å². The molecule has 0 radical (unpaired) electrons. The van der Waals surface area contributed by atoms with Gasteiger partial charge in [-0.25, -0.2) is 4.39 Å². The molecule has 0 bridgehead atoms. The van der Waals surface area contributed by atoms with E-state index in [0.717, 1.165) is 0 Å². The lowest BCUT2D eigenvalue weighted by atomic mass is 10.3. The van der Waals surface area contributed by atoms with E-state index in [1.807, 2.05) is 6.92 Å². The number of rotatable bonds is 9. The summed E-state index contributed by atoms with van der Waals surface area (Å²) in [5.41, 5.74) is 1.01. The number of methoxy groups -OCH3 is 1. The molecule has 0 unspecified atom stereocenters. The summed E-state index contributed by atoms with van der Waals surface area (Å²) in [4.78, 5) is 24.6. The molecule has 0 saturated carbocycles. The lowest BCUT2D eigenvalue weighted by Crippen LogP contribution is -2.18. The molecule has 0 aliphatic heterocycles. The maximum Gasteiger partial charge on any atom is 0.234 e. The zero-order valence-electron chi connectivity index (χ0n) is 17.1. The average molecular weight is 444 g/mol. The predicted octanol–water partition coefficient (Wildman–Crippen LogP) is 3.36. The second-order valence-corrected chi connectivity index (χ2v) is 7.39. The Labute approximate surface area is 183 Å². The van der Waals surface area contributed by atoms with E-state index >= 15 is 0 Å². The van der Waals surface area contributed by atoms with Gasteiger partial charge in [-0.2, -0.15) is 0 Å². The number of amides is 2. The first-order valence-corrected chi connectivity index (χ1v) is 10.5. The molecule has 1 heterocycles. The van der Waals surface area contributed by atoms with E-state index in [1.54, 1.807) is 42.0 Å². The van der Waals surface area contributed by atoms with Crippen molar-refractivity contribution in [3.8, 4) is 5.75 Å². The van der Waals surface area contributed by atoms with E-state index in [0.29, 0.717) is 34.6 Å². The van der Waals surface area contributed by atoms with Crippen LogP contribution in [0.25, 0.3) is 0 Å². The number of aromatic nitrogens is 3. The summed E-state index contributed by atoms with van der Waals surface area (Å²) in [6, 6.07) is 12.7. The minimum Gasteiger partial charge on any atom is -0.497 e. The molecule has 31 heavy (non-hydrogen) atoms. The first-order valence-electron chi connectivity index (χ1n) is 9.52. The topological polar surface area (TPSA) is 98.1 Å². The monoisotopic (exact) mass is 443 g/mol. The van der Waals surface area contributed by atoms with E-state index in [9.17, 15) is 14.0 Å². The standard InChI is InChI=1S/C21H22FN5O3S/c1-3-27-18(12-19(28)23-16-8-5-9-17(11-16)30-2)25-26-21(27)31-13-20(29)24-15-7-4-6-14(22)10-15/h4-11H,3,12-13H2,1-2H3,(H,23,28)(H,24,29). The van der Waals surface area contributed by atoms with Crippen molar-refractivity contribution in [2.45, 2.75) is 25.0 Å². The number of carbonyl (C=O) groups excluding carboxylic acids is 2. The minimum absolute atomic E-state index is 0.0358. The van der Waals surface area contributed by atoms with Crippen molar-refractivity contribution in [3.63, 3.8) is 0 Å². The lowest BCUT2D eigenvalue weighted by Gasteiger charge is -2.09. The van der Waals surface area contributed by atoms with Crippen molar-refractivity contribution in [2.24, 2.45) is 0 Å². The Bertz CT molecular complexity index is 1070. The molecule has 0 fully saturated rings. The molecule has 8 nitrogen and oxygen atoms in total. The van der Waals surface area contributed by atoms with Crippen LogP contribution in [0.5, 0.6) is 5.75 Å². The van der Waals surface area contributed by atoms with Crippen LogP contribution in [0.1, 0.15) is 12.7 Å². The molecule has 2 N–H and O–H groups in total. The molecule has 0 atom stereocenters. The van der Waals surface area contributed by atoms with Crippen LogP contribution in [0.4, 0.5) is 15.8 Å². The normalized spacial score (nSPS) is 10.5. The molecule has 10 heteroatoms. The molecule has 1 aromatic heterocycles. The number of hydrogen-bond acceptors (Lipinski definition) is 6. The number of carbonyl (C=O) groups is 2. The van der Waals surface area contributed by atoms with Gasteiger partial charge in [0, 0.05) is 24.0 Å². The predicted molar refractivity (Wildman–Crippen MR) is 117 cm³/mol. The van der Waals surface area contributed by atoms with Gasteiger partial charge in [-0.3, -0.25) is 9.59 Å². The Morgan fingerprint density at radius 3 is 2.48 bits per heavy atom. The fraction of sp³-hybridized carbons (Fsp3) is 0.238. The van der Waals surface area contributed by atoms with Crippen LogP contribution in [0.3, 0.4) is 0 Å². The summed E-state index contributed by atoms with van der Waals surface area (Å²) in [6.07, 6.45) is 0.0358. The van der Waals surface area contributed by atoms with Crippen LogP contribution in [0, 0.1) is 5.82 Å². The molecular weight excluding hydrogens is 421 g/mol. The fourth-order valence-corrected chi connectivity index (χ4v) is 3.64. The average Bonchev–Trinajstić information content (AvgIpc) is 3.13. The maximum atomic E-state index is 13.2. The van der Waals surface area contributed by atoms with Gasteiger partial charge < -0.3 is 19.9 Å². The molecule has 3 aromatic rings. The van der Waals surface area contributed by atoms with E-state index in [1.165, 1.54) is 30.0 Å². The Hall–Kier alpha value is -3.40. The first kappa shape index (κ1) is 22.3. The molecule has 0 spiro atoms. The van der Waals surface area contributed by atoms with Crippen molar-refractivity contribution in [1.29, 1.82) is 0 Å². The lowest BCUT2D eigenvalue weighted by molar-refractivity contribution is -0.116.